The second-order valence-electron chi connectivity index (χ2n) is 13.1. The van der Waals surface area contributed by atoms with Gasteiger partial charge in [-0.05, 0) is 95.9 Å². The number of esters is 2. The standard InChI is InChI=1S/C42H46O6/c43-27-9-11-29-47-39(45)21-23-41(35-17-5-1-13-31(35)32-14-2-6-18-36(32)41)25-26-42(24-22-40(46)48-30-12-10-28-44)37-19-7-3-15-33(37)34-16-4-8-20-38(34)42/h1-8,13-20,43-44H,9-12,21-30H2. The van der Waals surface area contributed by atoms with E-state index in [4.69, 9.17) is 19.7 Å². The third-order valence-corrected chi connectivity index (χ3v) is 10.5. The number of benzene rings is 4. The summed E-state index contributed by atoms with van der Waals surface area (Å²) >= 11 is 0. The first-order valence-electron chi connectivity index (χ1n) is 17.5. The lowest BCUT2D eigenvalue weighted by molar-refractivity contribution is -0.145. The smallest absolute Gasteiger partial charge is 0.305 e. The molecule has 0 saturated heterocycles. The highest BCUT2D eigenvalue weighted by Gasteiger charge is 2.48. The van der Waals surface area contributed by atoms with E-state index in [1.54, 1.807) is 0 Å². The van der Waals surface area contributed by atoms with E-state index in [9.17, 15) is 9.59 Å². The molecule has 0 radical (unpaired) electrons. The van der Waals surface area contributed by atoms with Crippen LogP contribution in [0.4, 0.5) is 0 Å². The van der Waals surface area contributed by atoms with Gasteiger partial charge in [-0.3, -0.25) is 9.59 Å². The molecule has 4 aromatic carbocycles. The van der Waals surface area contributed by atoms with Crippen LogP contribution in [-0.4, -0.2) is 48.6 Å². The largest absolute Gasteiger partial charge is 0.466 e. The van der Waals surface area contributed by atoms with Gasteiger partial charge in [0.15, 0.2) is 0 Å². The van der Waals surface area contributed by atoms with Gasteiger partial charge in [0.1, 0.15) is 0 Å². The van der Waals surface area contributed by atoms with E-state index in [0.717, 1.165) is 12.8 Å². The lowest BCUT2D eigenvalue weighted by Crippen LogP contribution is -2.33. The first kappa shape index (κ1) is 33.6. The third kappa shape index (κ3) is 6.56. The van der Waals surface area contributed by atoms with Crippen molar-refractivity contribution in [1.82, 2.24) is 0 Å². The highest BCUT2D eigenvalue weighted by atomic mass is 16.5. The summed E-state index contributed by atoms with van der Waals surface area (Å²) in [5.41, 5.74) is 8.90. The fourth-order valence-electron chi connectivity index (χ4n) is 8.16. The monoisotopic (exact) mass is 646 g/mol. The summed E-state index contributed by atoms with van der Waals surface area (Å²) < 4.78 is 11.2. The molecule has 250 valence electrons. The second kappa shape index (κ2) is 15.3. The SMILES string of the molecule is O=C(CCC1(CCC2(CCC(=O)OCCCCO)c3ccccc3-c3ccccc32)c2ccccc2-c2ccccc21)OCCCCO. The average Bonchev–Trinajstić information content (AvgIpc) is 3.57. The number of ether oxygens (including phenoxy) is 2. The highest BCUT2D eigenvalue weighted by Crippen LogP contribution is 2.59. The van der Waals surface area contributed by atoms with Gasteiger partial charge >= 0.3 is 11.9 Å². The summed E-state index contributed by atoms with van der Waals surface area (Å²) in [6.07, 6.45) is 5.82. The zero-order valence-electron chi connectivity index (χ0n) is 27.7. The van der Waals surface area contributed by atoms with Crippen LogP contribution < -0.4 is 0 Å². The topological polar surface area (TPSA) is 93.1 Å². The Labute approximate surface area is 283 Å². The van der Waals surface area contributed by atoms with Gasteiger partial charge in [-0.2, -0.15) is 0 Å². The second-order valence-corrected chi connectivity index (χ2v) is 13.1. The number of rotatable bonds is 17. The summed E-state index contributed by atoms with van der Waals surface area (Å²) in [4.78, 5) is 26.3. The Morgan fingerprint density at radius 3 is 1.08 bits per heavy atom. The number of carbonyl (C=O) groups excluding carboxylic acids is 2. The van der Waals surface area contributed by atoms with Crippen molar-refractivity contribution in [2.75, 3.05) is 26.4 Å². The molecule has 0 atom stereocenters. The van der Waals surface area contributed by atoms with Crippen LogP contribution in [0.25, 0.3) is 22.3 Å². The van der Waals surface area contributed by atoms with Crippen LogP contribution in [0.1, 0.15) is 86.5 Å². The summed E-state index contributed by atoms with van der Waals surface area (Å²) in [5.74, 6) is -0.436. The molecule has 2 N–H and O–H groups in total. The first-order chi connectivity index (χ1) is 23.5. The van der Waals surface area contributed by atoms with E-state index < -0.39 is 10.8 Å². The number of carbonyl (C=O) groups is 2. The minimum Gasteiger partial charge on any atom is -0.466 e. The van der Waals surface area contributed by atoms with Crippen molar-refractivity contribution in [3.8, 4) is 22.3 Å². The molecule has 2 aliphatic rings. The maximum absolute atomic E-state index is 13.1. The van der Waals surface area contributed by atoms with Crippen LogP contribution in [0.5, 0.6) is 0 Å². The van der Waals surface area contributed by atoms with Crippen molar-refractivity contribution >= 4 is 11.9 Å². The molecule has 4 aromatic rings. The van der Waals surface area contributed by atoms with Gasteiger partial charge in [0, 0.05) is 36.9 Å². The van der Waals surface area contributed by atoms with Gasteiger partial charge in [0.05, 0.1) is 13.2 Å². The predicted molar refractivity (Wildman–Crippen MR) is 188 cm³/mol. The van der Waals surface area contributed by atoms with E-state index in [1.165, 1.54) is 44.5 Å². The Bertz CT molecular complexity index is 1510. The van der Waals surface area contributed by atoms with Crippen LogP contribution in [0.2, 0.25) is 0 Å². The molecule has 0 unspecified atom stereocenters. The Balaban J connectivity index is 1.37. The normalized spacial score (nSPS) is 14.5. The maximum Gasteiger partial charge on any atom is 0.305 e. The highest BCUT2D eigenvalue weighted by molar-refractivity contribution is 5.83. The minimum atomic E-state index is -0.429. The molecule has 0 aliphatic heterocycles. The Hall–Kier alpha value is -4.26. The molecule has 0 fully saturated rings. The quantitative estimate of drug-likeness (QED) is 0.0896. The minimum absolute atomic E-state index is 0.0870. The van der Waals surface area contributed by atoms with Crippen LogP contribution in [-0.2, 0) is 29.9 Å². The first-order valence-corrected chi connectivity index (χ1v) is 17.5. The molecule has 6 nitrogen and oxygen atoms in total. The molecule has 0 bridgehead atoms. The van der Waals surface area contributed by atoms with Crippen LogP contribution in [0.3, 0.4) is 0 Å². The molecule has 0 heterocycles. The molecule has 0 aromatic heterocycles. The van der Waals surface area contributed by atoms with E-state index in [0.29, 0.717) is 51.7 Å². The fraction of sp³-hybridized carbons (Fsp3) is 0.381. The van der Waals surface area contributed by atoms with E-state index in [2.05, 4.69) is 97.1 Å². The summed E-state index contributed by atoms with van der Waals surface area (Å²) in [6.45, 7) is 0.798. The van der Waals surface area contributed by atoms with Crippen LogP contribution in [0.15, 0.2) is 97.1 Å². The maximum atomic E-state index is 13.1. The van der Waals surface area contributed by atoms with E-state index in [-0.39, 0.29) is 38.0 Å². The molecule has 6 heteroatoms. The van der Waals surface area contributed by atoms with Crippen molar-refractivity contribution in [3.63, 3.8) is 0 Å². The lowest BCUT2D eigenvalue weighted by atomic mass is 9.64. The molecular formula is C42H46O6. The Morgan fingerprint density at radius 2 is 0.771 bits per heavy atom. The van der Waals surface area contributed by atoms with Gasteiger partial charge in [-0.1, -0.05) is 97.1 Å². The number of hydrogen-bond acceptors (Lipinski definition) is 6. The number of aliphatic hydroxyl groups is 2. The van der Waals surface area contributed by atoms with Gasteiger partial charge in [0.2, 0.25) is 0 Å². The van der Waals surface area contributed by atoms with Crippen LogP contribution in [0, 0.1) is 0 Å². The van der Waals surface area contributed by atoms with Crippen molar-refractivity contribution in [2.24, 2.45) is 0 Å². The summed E-state index contributed by atoms with van der Waals surface area (Å²) in [7, 11) is 0. The molecule has 0 saturated carbocycles. The number of hydrogen-bond donors (Lipinski definition) is 2. The Morgan fingerprint density at radius 1 is 0.458 bits per heavy atom. The summed E-state index contributed by atoms with van der Waals surface area (Å²) in [6, 6.07) is 34.3. The van der Waals surface area contributed by atoms with Crippen molar-refractivity contribution in [2.45, 2.75) is 75.0 Å². The predicted octanol–water partition coefficient (Wildman–Crippen LogP) is 7.89. The van der Waals surface area contributed by atoms with Gasteiger partial charge < -0.3 is 19.7 Å². The zero-order valence-corrected chi connectivity index (χ0v) is 27.7. The molecule has 0 amide bonds. The van der Waals surface area contributed by atoms with Crippen molar-refractivity contribution in [3.05, 3.63) is 119 Å². The van der Waals surface area contributed by atoms with Gasteiger partial charge in [-0.15, -0.1) is 0 Å². The molecule has 0 spiro atoms. The fourth-order valence-corrected chi connectivity index (χ4v) is 8.16. The van der Waals surface area contributed by atoms with Gasteiger partial charge in [0.25, 0.3) is 0 Å². The number of unbranched alkanes of at least 4 members (excludes halogenated alkanes) is 2. The summed E-state index contributed by atoms with van der Waals surface area (Å²) in [5, 5.41) is 18.3. The molecular weight excluding hydrogens is 600 g/mol. The lowest BCUT2D eigenvalue weighted by Gasteiger charge is -2.38. The van der Waals surface area contributed by atoms with Gasteiger partial charge in [-0.25, -0.2) is 0 Å². The molecule has 6 rings (SSSR count). The number of aliphatic hydroxyl groups excluding tert-OH is 2. The van der Waals surface area contributed by atoms with E-state index in [1.807, 2.05) is 0 Å². The number of fused-ring (bicyclic) bond motifs is 6. The molecule has 2 aliphatic carbocycles. The molecule has 48 heavy (non-hydrogen) atoms. The third-order valence-electron chi connectivity index (χ3n) is 10.5. The van der Waals surface area contributed by atoms with Crippen molar-refractivity contribution in [1.29, 1.82) is 0 Å². The van der Waals surface area contributed by atoms with Crippen molar-refractivity contribution < 1.29 is 29.3 Å². The zero-order chi connectivity index (χ0) is 33.4. The van der Waals surface area contributed by atoms with Crippen LogP contribution >= 0.6 is 0 Å². The average molecular weight is 647 g/mol. The van der Waals surface area contributed by atoms with E-state index >= 15 is 0 Å². The Kier molecular flexibility index (Phi) is 10.7.